The highest BCUT2D eigenvalue weighted by molar-refractivity contribution is 6.33. The molecule has 3 rings (SSSR count). The number of halogens is 1. The molecule has 2 aromatic rings. The number of morpholine rings is 1. The number of hydrogen-bond donors (Lipinski definition) is 1. The molecule has 1 aliphatic heterocycles. The molecule has 8 heteroatoms. The highest BCUT2D eigenvalue weighted by Gasteiger charge is 2.18. The standard InChI is InChI=1S/C17H18ClN3O4/c18-14-4-2-1-3-12(14)13-11-19-17(20-15(13)16(22)23)25-10-7-21-5-8-24-9-6-21/h1-4,11H,5-10H2,(H,22,23). The van der Waals surface area contributed by atoms with Crippen LogP contribution in [0.4, 0.5) is 0 Å². The van der Waals surface area contributed by atoms with Crippen LogP contribution in [-0.4, -0.2) is 65.4 Å². The minimum absolute atomic E-state index is 0.0430. The van der Waals surface area contributed by atoms with Crippen molar-refractivity contribution in [1.29, 1.82) is 0 Å². The van der Waals surface area contributed by atoms with Crippen molar-refractivity contribution in [1.82, 2.24) is 14.9 Å². The van der Waals surface area contributed by atoms with Crippen molar-refractivity contribution in [2.75, 3.05) is 39.5 Å². The van der Waals surface area contributed by atoms with Crippen molar-refractivity contribution in [2.24, 2.45) is 0 Å². The fourth-order valence-electron chi connectivity index (χ4n) is 2.57. The molecule has 25 heavy (non-hydrogen) atoms. The molecule has 1 fully saturated rings. The van der Waals surface area contributed by atoms with E-state index in [4.69, 9.17) is 21.1 Å². The minimum Gasteiger partial charge on any atom is -0.476 e. The molecule has 132 valence electrons. The molecule has 7 nitrogen and oxygen atoms in total. The smallest absolute Gasteiger partial charge is 0.355 e. The van der Waals surface area contributed by atoms with Crippen LogP contribution in [0.25, 0.3) is 11.1 Å². The van der Waals surface area contributed by atoms with Gasteiger partial charge in [0.2, 0.25) is 0 Å². The Labute approximate surface area is 150 Å². The molecule has 0 spiro atoms. The number of benzene rings is 1. The summed E-state index contributed by atoms with van der Waals surface area (Å²) < 4.78 is 10.8. The maximum atomic E-state index is 11.6. The number of carboxylic acids is 1. The fraction of sp³-hybridized carbons (Fsp3) is 0.353. The molecular weight excluding hydrogens is 346 g/mol. The summed E-state index contributed by atoms with van der Waals surface area (Å²) in [4.78, 5) is 21.9. The molecule has 0 atom stereocenters. The van der Waals surface area contributed by atoms with Crippen LogP contribution in [0.15, 0.2) is 30.5 Å². The fourth-order valence-corrected chi connectivity index (χ4v) is 2.80. The first-order valence-corrected chi connectivity index (χ1v) is 8.31. The summed E-state index contributed by atoms with van der Waals surface area (Å²) in [6.45, 7) is 4.23. The van der Waals surface area contributed by atoms with Gasteiger partial charge in [-0.2, -0.15) is 4.98 Å². The summed E-state index contributed by atoms with van der Waals surface area (Å²) >= 11 is 6.15. The first kappa shape index (κ1) is 17.6. The summed E-state index contributed by atoms with van der Waals surface area (Å²) in [6.07, 6.45) is 1.43. The number of hydrogen-bond acceptors (Lipinski definition) is 6. The molecule has 0 radical (unpaired) electrons. The Morgan fingerprint density at radius 3 is 2.76 bits per heavy atom. The van der Waals surface area contributed by atoms with E-state index in [0.29, 0.717) is 42.5 Å². The normalized spacial score (nSPS) is 15.1. The molecular formula is C17H18ClN3O4. The lowest BCUT2D eigenvalue weighted by Crippen LogP contribution is -2.38. The van der Waals surface area contributed by atoms with E-state index in [0.717, 1.165) is 13.1 Å². The first-order valence-electron chi connectivity index (χ1n) is 7.93. The van der Waals surface area contributed by atoms with Crippen LogP contribution in [0.5, 0.6) is 6.01 Å². The zero-order valence-electron chi connectivity index (χ0n) is 13.5. The predicted octanol–water partition coefficient (Wildman–Crippen LogP) is 2.21. The Kier molecular flexibility index (Phi) is 5.80. The van der Waals surface area contributed by atoms with E-state index in [1.165, 1.54) is 6.20 Å². The Morgan fingerprint density at radius 1 is 1.28 bits per heavy atom. The topological polar surface area (TPSA) is 84.8 Å². The van der Waals surface area contributed by atoms with Crippen molar-refractivity contribution >= 4 is 17.6 Å². The zero-order chi connectivity index (χ0) is 17.6. The quantitative estimate of drug-likeness (QED) is 0.842. The summed E-state index contributed by atoms with van der Waals surface area (Å²) in [6, 6.07) is 7.01. The number of nitrogens with zero attached hydrogens (tertiary/aromatic N) is 3. The second kappa shape index (κ2) is 8.24. The van der Waals surface area contributed by atoms with Crippen molar-refractivity contribution in [3.8, 4) is 17.1 Å². The third-order valence-electron chi connectivity index (χ3n) is 3.88. The predicted molar refractivity (Wildman–Crippen MR) is 92.2 cm³/mol. The van der Waals surface area contributed by atoms with Gasteiger partial charge >= 0.3 is 12.0 Å². The van der Waals surface area contributed by atoms with E-state index < -0.39 is 5.97 Å². The number of aromatic nitrogens is 2. The van der Waals surface area contributed by atoms with E-state index >= 15 is 0 Å². The molecule has 1 aromatic heterocycles. The monoisotopic (exact) mass is 363 g/mol. The van der Waals surface area contributed by atoms with Gasteiger partial charge in [0.1, 0.15) is 6.61 Å². The largest absolute Gasteiger partial charge is 0.476 e. The average Bonchev–Trinajstić information content (AvgIpc) is 2.63. The first-order chi connectivity index (χ1) is 12.1. The summed E-state index contributed by atoms with van der Waals surface area (Å²) in [5.41, 5.74) is 0.796. The highest BCUT2D eigenvalue weighted by Crippen LogP contribution is 2.29. The summed E-state index contributed by atoms with van der Waals surface area (Å²) in [5, 5.41) is 9.90. The van der Waals surface area contributed by atoms with Crippen LogP contribution in [-0.2, 0) is 4.74 Å². The van der Waals surface area contributed by atoms with Crippen molar-refractivity contribution in [3.63, 3.8) is 0 Å². The van der Waals surface area contributed by atoms with E-state index in [-0.39, 0.29) is 11.7 Å². The second-order valence-electron chi connectivity index (χ2n) is 5.50. The lowest BCUT2D eigenvalue weighted by Gasteiger charge is -2.26. The number of rotatable bonds is 6. The van der Waals surface area contributed by atoms with Gasteiger partial charge in [-0.05, 0) is 6.07 Å². The van der Waals surface area contributed by atoms with Crippen LogP contribution in [0.3, 0.4) is 0 Å². The molecule has 1 saturated heterocycles. The maximum Gasteiger partial charge on any atom is 0.355 e. The van der Waals surface area contributed by atoms with E-state index in [1.54, 1.807) is 24.3 Å². The Balaban J connectivity index is 1.73. The highest BCUT2D eigenvalue weighted by atomic mass is 35.5. The van der Waals surface area contributed by atoms with Gasteiger partial charge < -0.3 is 14.6 Å². The third-order valence-corrected chi connectivity index (χ3v) is 4.21. The van der Waals surface area contributed by atoms with Crippen LogP contribution in [0, 0.1) is 0 Å². The van der Waals surface area contributed by atoms with E-state index in [1.807, 2.05) is 0 Å². The van der Waals surface area contributed by atoms with E-state index in [9.17, 15) is 9.90 Å². The van der Waals surface area contributed by atoms with Gasteiger partial charge in [0.25, 0.3) is 0 Å². The zero-order valence-corrected chi connectivity index (χ0v) is 14.3. The minimum atomic E-state index is -1.16. The number of ether oxygens (including phenoxy) is 2. The molecule has 0 saturated carbocycles. The van der Waals surface area contributed by atoms with Crippen LogP contribution < -0.4 is 4.74 Å². The molecule has 0 aliphatic carbocycles. The average molecular weight is 364 g/mol. The molecule has 1 aromatic carbocycles. The van der Waals surface area contributed by atoms with Crippen molar-refractivity contribution in [3.05, 3.63) is 41.2 Å². The van der Waals surface area contributed by atoms with Gasteiger partial charge in [-0.1, -0.05) is 29.8 Å². The number of carbonyl (C=O) groups is 1. The van der Waals surface area contributed by atoms with Crippen LogP contribution >= 0.6 is 11.6 Å². The van der Waals surface area contributed by atoms with Gasteiger partial charge in [0, 0.05) is 42.0 Å². The van der Waals surface area contributed by atoms with E-state index in [2.05, 4.69) is 14.9 Å². The lowest BCUT2D eigenvalue weighted by molar-refractivity contribution is 0.0316. The Hall–Kier alpha value is -2.22. The Bertz CT molecular complexity index is 750. The second-order valence-corrected chi connectivity index (χ2v) is 5.91. The third kappa shape index (κ3) is 4.45. The molecule has 1 N–H and O–H groups in total. The molecule has 0 unspecified atom stereocenters. The molecule has 0 amide bonds. The summed E-state index contributed by atoms with van der Waals surface area (Å²) in [7, 11) is 0. The number of carboxylic acid groups (broad SMARTS) is 1. The number of aromatic carboxylic acids is 1. The SMILES string of the molecule is O=C(O)c1nc(OCCN2CCOCC2)ncc1-c1ccccc1Cl. The van der Waals surface area contributed by atoms with Gasteiger partial charge in [-0.3, -0.25) is 4.90 Å². The van der Waals surface area contributed by atoms with Crippen LogP contribution in [0.2, 0.25) is 5.02 Å². The molecule has 1 aliphatic rings. The molecule has 2 heterocycles. The van der Waals surface area contributed by atoms with Crippen LogP contribution in [0.1, 0.15) is 10.5 Å². The van der Waals surface area contributed by atoms with Crippen molar-refractivity contribution in [2.45, 2.75) is 0 Å². The maximum absolute atomic E-state index is 11.6. The van der Waals surface area contributed by atoms with Gasteiger partial charge in [-0.15, -0.1) is 0 Å². The lowest BCUT2D eigenvalue weighted by atomic mass is 10.1. The Morgan fingerprint density at radius 2 is 2.04 bits per heavy atom. The molecule has 0 bridgehead atoms. The van der Waals surface area contributed by atoms with Gasteiger partial charge in [0.15, 0.2) is 5.69 Å². The van der Waals surface area contributed by atoms with Gasteiger partial charge in [-0.25, -0.2) is 9.78 Å². The van der Waals surface area contributed by atoms with Crippen molar-refractivity contribution < 1.29 is 19.4 Å². The van der Waals surface area contributed by atoms with Gasteiger partial charge in [0.05, 0.1) is 13.2 Å². The summed E-state index contributed by atoms with van der Waals surface area (Å²) in [5.74, 6) is -1.16.